The molecule has 6 aromatic rings. The maximum absolute atomic E-state index is 13.7. The van der Waals surface area contributed by atoms with Gasteiger partial charge in [-0.05, 0) is 55.6 Å². The number of H-pyrrole nitrogens is 1. The zero-order valence-corrected chi connectivity index (χ0v) is 21.2. The molecule has 2 aromatic carbocycles. The lowest BCUT2D eigenvalue weighted by Gasteiger charge is -2.34. The number of pyridine rings is 1. The molecule has 0 radical (unpaired) electrons. The van der Waals surface area contributed by atoms with Gasteiger partial charge in [-0.3, -0.25) is 9.59 Å². The topological polar surface area (TPSA) is 116 Å². The molecule has 1 saturated heterocycles. The van der Waals surface area contributed by atoms with Crippen LogP contribution in [-0.2, 0) is 0 Å². The van der Waals surface area contributed by atoms with Crippen LogP contribution in [-0.4, -0.2) is 67.3 Å². The number of fused-ring (bicyclic) bond motifs is 4. The number of piperazine rings is 1. The minimum absolute atomic E-state index is 0.168. The number of aromatic amines is 1. The number of hydrogen-bond donors (Lipinski definition) is 2. The highest BCUT2D eigenvalue weighted by molar-refractivity contribution is 5.95. The average molecular weight is 520 g/mol. The van der Waals surface area contributed by atoms with Gasteiger partial charge >= 0.3 is 0 Å². The molecular weight excluding hydrogens is 494 g/mol. The molecule has 0 spiro atoms. The van der Waals surface area contributed by atoms with Crippen LogP contribution in [0.2, 0.25) is 0 Å². The second kappa shape index (κ2) is 9.07. The van der Waals surface area contributed by atoms with Crippen molar-refractivity contribution in [2.24, 2.45) is 0 Å². The van der Waals surface area contributed by atoms with E-state index in [-0.39, 0.29) is 11.0 Å². The van der Waals surface area contributed by atoms with Crippen LogP contribution in [0.3, 0.4) is 0 Å². The van der Waals surface area contributed by atoms with Crippen molar-refractivity contribution in [2.45, 2.75) is 0 Å². The molecule has 0 aliphatic carbocycles. The SMILES string of the molecule is CN1CCN(c2ccc(Nc3ncc4c(=O)n5c(nc4[nH]3)c3ccc(=O)cc3n5-c3ccccn3)cc2)CC1. The number of nitrogens with zero attached hydrogens (tertiary/aromatic N) is 7. The van der Waals surface area contributed by atoms with E-state index in [0.29, 0.717) is 39.3 Å². The van der Waals surface area contributed by atoms with E-state index in [2.05, 4.69) is 49.2 Å². The second-order valence-corrected chi connectivity index (χ2v) is 9.69. The third-order valence-electron chi connectivity index (χ3n) is 7.16. The van der Waals surface area contributed by atoms with Crippen molar-refractivity contribution in [2.75, 3.05) is 43.4 Å². The molecule has 7 rings (SSSR count). The van der Waals surface area contributed by atoms with Gasteiger partial charge in [-0.25, -0.2) is 19.6 Å². The minimum Gasteiger partial charge on any atom is -0.369 e. The van der Waals surface area contributed by atoms with Crippen LogP contribution in [0.1, 0.15) is 0 Å². The normalized spacial score (nSPS) is 14.4. The molecule has 11 heteroatoms. The Labute approximate surface area is 222 Å². The number of hydrogen-bond acceptors (Lipinski definition) is 8. The zero-order chi connectivity index (χ0) is 26.5. The van der Waals surface area contributed by atoms with Gasteiger partial charge < -0.3 is 20.1 Å². The van der Waals surface area contributed by atoms with Crippen LogP contribution in [0.5, 0.6) is 0 Å². The third kappa shape index (κ3) is 3.99. The Bertz CT molecular complexity index is 1950. The van der Waals surface area contributed by atoms with Crippen molar-refractivity contribution in [1.29, 1.82) is 0 Å². The summed E-state index contributed by atoms with van der Waals surface area (Å²) in [7, 11) is 2.15. The largest absolute Gasteiger partial charge is 0.369 e. The number of rotatable bonds is 4. The molecule has 0 amide bonds. The van der Waals surface area contributed by atoms with Crippen molar-refractivity contribution >= 4 is 44.9 Å². The molecule has 194 valence electrons. The smallest absolute Gasteiger partial charge is 0.284 e. The van der Waals surface area contributed by atoms with Gasteiger partial charge in [0.1, 0.15) is 11.0 Å². The summed E-state index contributed by atoms with van der Waals surface area (Å²) in [6, 6.07) is 18.3. The molecular formula is C28H25N9O2. The van der Waals surface area contributed by atoms with Crippen LogP contribution in [0.25, 0.3) is 33.4 Å². The number of nitrogens with one attached hydrogen (secondary N) is 2. The molecule has 1 fully saturated rings. The van der Waals surface area contributed by atoms with Gasteiger partial charge in [0.15, 0.2) is 16.9 Å². The first-order valence-electron chi connectivity index (χ1n) is 12.7. The van der Waals surface area contributed by atoms with Gasteiger partial charge in [-0.1, -0.05) is 6.07 Å². The summed E-state index contributed by atoms with van der Waals surface area (Å²) in [5, 5.41) is 4.25. The van der Waals surface area contributed by atoms with Gasteiger partial charge in [0.25, 0.3) is 5.56 Å². The molecule has 1 aliphatic heterocycles. The molecule has 5 heterocycles. The van der Waals surface area contributed by atoms with Crippen molar-refractivity contribution in [3.63, 3.8) is 0 Å². The lowest BCUT2D eigenvalue weighted by molar-refractivity contribution is 0.313. The van der Waals surface area contributed by atoms with E-state index in [9.17, 15) is 9.59 Å². The number of likely N-dealkylation sites (N-methyl/N-ethyl adjacent to an activating group) is 1. The summed E-state index contributed by atoms with van der Waals surface area (Å²) in [5.41, 5.74) is 2.91. The lowest BCUT2D eigenvalue weighted by atomic mass is 10.2. The van der Waals surface area contributed by atoms with Crippen LogP contribution in [0.15, 0.2) is 82.6 Å². The summed E-state index contributed by atoms with van der Waals surface area (Å²) in [6.45, 7) is 4.11. The fraction of sp³-hybridized carbons (Fsp3) is 0.179. The first kappa shape index (κ1) is 23.1. The second-order valence-electron chi connectivity index (χ2n) is 9.69. The molecule has 2 N–H and O–H groups in total. The summed E-state index contributed by atoms with van der Waals surface area (Å²) in [5.74, 6) is 0.961. The molecule has 4 aromatic heterocycles. The summed E-state index contributed by atoms with van der Waals surface area (Å²) < 4.78 is 3.06. The highest BCUT2D eigenvalue weighted by Crippen LogP contribution is 2.24. The molecule has 1 aliphatic rings. The highest BCUT2D eigenvalue weighted by Gasteiger charge is 2.19. The lowest BCUT2D eigenvalue weighted by Crippen LogP contribution is -2.44. The maximum Gasteiger partial charge on any atom is 0.284 e. The first-order valence-corrected chi connectivity index (χ1v) is 12.7. The van der Waals surface area contributed by atoms with Crippen molar-refractivity contribution < 1.29 is 0 Å². The van der Waals surface area contributed by atoms with Crippen molar-refractivity contribution in [3.05, 3.63) is 93.6 Å². The fourth-order valence-corrected chi connectivity index (χ4v) is 5.08. The number of aromatic nitrogens is 6. The third-order valence-corrected chi connectivity index (χ3v) is 7.16. The molecule has 0 bridgehead atoms. The van der Waals surface area contributed by atoms with Crippen molar-refractivity contribution in [3.8, 4) is 5.82 Å². The predicted molar refractivity (Wildman–Crippen MR) is 151 cm³/mol. The van der Waals surface area contributed by atoms with Gasteiger partial charge in [-0.2, -0.15) is 4.52 Å². The van der Waals surface area contributed by atoms with E-state index in [1.54, 1.807) is 29.1 Å². The van der Waals surface area contributed by atoms with E-state index in [1.165, 1.54) is 28.5 Å². The summed E-state index contributed by atoms with van der Waals surface area (Å²) in [6.07, 6.45) is 3.15. The van der Waals surface area contributed by atoms with Crippen molar-refractivity contribution in [1.82, 2.24) is 34.0 Å². The molecule has 39 heavy (non-hydrogen) atoms. The van der Waals surface area contributed by atoms with E-state index in [0.717, 1.165) is 31.9 Å². The average Bonchev–Trinajstić information content (AvgIpc) is 3.28. The Balaban J connectivity index is 1.29. The van der Waals surface area contributed by atoms with E-state index in [1.807, 2.05) is 18.2 Å². The van der Waals surface area contributed by atoms with E-state index in [4.69, 9.17) is 4.98 Å². The Morgan fingerprint density at radius 2 is 1.72 bits per heavy atom. The van der Waals surface area contributed by atoms with Crippen LogP contribution >= 0.6 is 0 Å². The van der Waals surface area contributed by atoms with E-state index < -0.39 is 0 Å². The number of benzene rings is 2. The van der Waals surface area contributed by atoms with Gasteiger partial charge in [0.2, 0.25) is 5.95 Å². The molecule has 11 nitrogen and oxygen atoms in total. The summed E-state index contributed by atoms with van der Waals surface area (Å²) in [4.78, 5) is 47.5. The number of anilines is 3. The quantitative estimate of drug-likeness (QED) is 0.365. The molecule has 0 atom stereocenters. The van der Waals surface area contributed by atoms with Crippen LogP contribution in [0.4, 0.5) is 17.3 Å². The van der Waals surface area contributed by atoms with Gasteiger partial charge in [0, 0.05) is 61.4 Å². The Hall–Kier alpha value is -5.03. The van der Waals surface area contributed by atoms with E-state index >= 15 is 0 Å². The Morgan fingerprint density at radius 1 is 0.897 bits per heavy atom. The van der Waals surface area contributed by atoms with Crippen LogP contribution in [0, 0.1) is 0 Å². The fourth-order valence-electron chi connectivity index (χ4n) is 5.08. The molecule has 0 unspecified atom stereocenters. The maximum atomic E-state index is 13.7. The van der Waals surface area contributed by atoms with Gasteiger partial charge in [0.05, 0.1) is 5.52 Å². The molecule has 0 saturated carbocycles. The summed E-state index contributed by atoms with van der Waals surface area (Å²) >= 11 is 0. The predicted octanol–water partition coefficient (Wildman–Crippen LogP) is 2.77. The van der Waals surface area contributed by atoms with Crippen LogP contribution < -0.4 is 21.2 Å². The minimum atomic E-state index is -0.323. The zero-order valence-electron chi connectivity index (χ0n) is 21.2. The monoisotopic (exact) mass is 519 g/mol. The first-order chi connectivity index (χ1) is 19.0. The standard InChI is InChI=1S/C28H25N9O2/c1-34-12-14-35(15-13-34)19-7-5-18(6-8-19)31-28-30-17-22-25(33-28)32-26-21-10-9-20(38)16-23(21)36(37(26)27(22)39)24-4-2-3-11-29-24/h2-11,16-17H,12-15H2,1H3,(H2,30,31,32,33). The Morgan fingerprint density at radius 3 is 2.49 bits per heavy atom. The Kier molecular flexibility index (Phi) is 5.37. The van der Waals surface area contributed by atoms with Gasteiger partial charge in [-0.15, -0.1) is 0 Å². The highest BCUT2D eigenvalue weighted by atomic mass is 16.1.